The first-order valence-corrected chi connectivity index (χ1v) is 8.75. The van der Waals surface area contributed by atoms with E-state index < -0.39 is 12.0 Å². The third-order valence-electron chi connectivity index (χ3n) is 4.67. The molecule has 0 fully saturated rings. The second kappa shape index (κ2) is 7.53. The first kappa shape index (κ1) is 18.5. The smallest absolute Gasteiger partial charge is 0.279 e. The summed E-state index contributed by atoms with van der Waals surface area (Å²) in [5.41, 5.74) is 8.41. The van der Waals surface area contributed by atoms with Crippen LogP contribution in [0, 0.1) is 13.8 Å². The van der Waals surface area contributed by atoms with Gasteiger partial charge in [-0.3, -0.25) is 20.4 Å². The molecule has 3 rings (SSSR count). The van der Waals surface area contributed by atoms with E-state index >= 15 is 0 Å². The summed E-state index contributed by atoms with van der Waals surface area (Å²) in [7, 11) is 1.87. The largest absolute Gasteiger partial charge is 0.481 e. The molecule has 1 atom stereocenters. The van der Waals surface area contributed by atoms with E-state index in [9.17, 15) is 9.59 Å². The Bertz CT molecular complexity index is 1010. The van der Waals surface area contributed by atoms with Gasteiger partial charge < -0.3 is 9.30 Å². The summed E-state index contributed by atoms with van der Waals surface area (Å²) in [5.74, 6) is -0.151. The molecule has 6 nitrogen and oxygen atoms in total. The van der Waals surface area contributed by atoms with E-state index in [0.717, 1.165) is 22.0 Å². The Morgan fingerprint density at radius 2 is 1.78 bits per heavy atom. The minimum atomic E-state index is -0.752. The van der Waals surface area contributed by atoms with Gasteiger partial charge in [-0.05, 0) is 44.0 Å². The molecule has 0 saturated carbocycles. The van der Waals surface area contributed by atoms with Crippen LogP contribution in [0.2, 0.25) is 0 Å². The number of ether oxygens (including phenoxy) is 1. The molecule has 140 valence electrons. The lowest BCUT2D eigenvalue weighted by atomic mass is 10.1. The molecule has 0 aliphatic carbocycles. The van der Waals surface area contributed by atoms with Crippen molar-refractivity contribution in [2.24, 2.45) is 7.05 Å². The third-order valence-corrected chi connectivity index (χ3v) is 4.67. The number of benzene rings is 2. The molecule has 27 heavy (non-hydrogen) atoms. The minimum absolute atomic E-state index is 0.376. The molecule has 0 spiro atoms. The Kier molecular flexibility index (Phi) is 5.16. The van der Waals surface area contributed by atoms with Crippen LogP contribution in [0.4, 0.5) is 0 Å². The van der Waals surface area contributed by atoms with E-state index in [1.165, 1.54) is 0 Å². The average molecular weight is 365 g/mol. The first-order chi connectivity index (χ1) is 12.9. The Morgan fingerprint density at radius 1 is 1.04 bits per heavy atom. The summed E-state index contributed by atoms with van der Waals surface area (Å²) in [4.78, 5) is 24.8. The molecule has 6 heteroatoms. The number of aryl methyl sites for hydroxylation is 2. The molecule has 2 aromatic carbocycles. The van der Waals surface area contributed by atoms with Gasteiger partial charge in [-0.15, -0.1) is 0 Å². The first-order valence-electron chi connectivity index (χ1n) is 8.75. The summed E-state index contributed by atoms with van der Waals surface area (Å²) < 4.78 is 7.61. The quantitative estimate of drug-likeness (QED) is 0.698. The average Bonchev–Trinajstić information content (AvgIpc) is 3.00. The van der Waals surface area contributed by atoms with Gasteiger partial charge in [0.25, 0.3) is 11.8 Å². The highest BCUT2D eigenvalue weighted by atomic mass is 16.5. The van der Waals surface area contributed by atoms with Crippen molar-refractivity contribution in [3.05, 3.63) is 65.4 Å². The number of hydrogen-bond donors (Lipinski definition) is 2. The number of fused-ring (bicyclic) bond motifs is 1. The van der Waals surface area contributed by atoms with Gasteiger partial charge in [0, 0.05) is 24.1 Å². The predicted molar refractivity (Wildman–Crippen MR) is 105 cm³/mol. The molecular formula is C21H23N3O3. The van der Waals surface area contributed by atoms with Crippen molar-refractivity contribution in [1.29, 1.82) is 0 Å². The molecule has 1 unspecified atom stereocenters. The van der Waals surface area contributed by atoms with Crippen LogP contribution in [0.15, 0.2) is 48.7 Å². The van der Waals surface area contributed by atoms with Gasteiger partial charge in [0.05, 0.1) is 5.56 Å². The highest BCUT2D eigenvalue weighted by Crippen LogP contribution is 2.22. The van der Waals surface area contributed by atoms with Gasteiger partial charge in [-0.25, -0.2) is 0 Å². The fraction of sp³-hybridized carbons (Fsp3) is 0.238. The van der Waals surface area contributed by atoms with Crippen LogP contribution in [0.5, 0.6) is 5.75 Å². The minimum Gasteiger partial charge on any atom is -0.481 e. The van der Waals surface area contributed by atoms with Crippen LogP contribution in [-0.4, -0.2) is 22.5 Å². The van der Waals surface area contributed by atoms with Gasteiger partial charge in [0.2, 0.25) is 0 Å². The Labute approximate surface area is 158 Å². The normalized spacial score (nSPS) is 11.9. The number of para-hydroxylation sites is 1. The number of aromatic nitrogens is 1. The van der Waals surface area contributed by atoms with Gasteiger partial charge in [-0.2, -0.15) is 0 Å². The molecule has 3 aromatic rings. The maximum Gasteiger partial charge on any atom is 0.279 e. The number of hydrogen-bond acceptors (Lipinski definition) is 3. The highest BCUT2D eigenvalue weighted by Gasteiger charge is 2.18. The fourth-order valence-corrected chi connectivity index (χ4v) is 2.91. The number of carbonyl (C=O) groups is 2. The van der Waals surface area contributed by atoms with Gasteiger partial charge in [0.15, 0.2) is 6.10 Å². The van der Waals surface area contributed by atoms with E-state index in [2.05, 4.69) is 10.9 Å². The van der Waals surface area contributed by atoms with Gasteiger partial charge in [0.1, 0.15) is 5.75 Å². The van der Waals surface area contributed by atoms with Crippen molar-refractivity contribution in [3.63, 3.8) is 0 Å². The summed E-state index contributed by atoms with van der Waals surface area (Å²) in [5, 5.41) is 0.825. The van der Waals surface area contributed by atoms with E-state index in [4.69, 9.17) is 4.74 Å². The molecule has 0 aliphatic rings. The molecule has 0 saturated heterocycles. The number of hydrazine groups is 1. The standard InChI is InChI=1S/C21H23N3O3/c1-13-8-7-11-19(14(13)2)27-15(3)20(25)22-23-21(26)17-12-24(4)18-10-6-5-9-16(17)18/h5-12,15H,1-4H3,(H,22,25)(H,23,26). The van der Waals surface area contributed by atoms with Crippen molar-refractivity contribution in [2.75, 3.05) is 0 Å². The van der Waals surface area contributed by atoms with Crippen LogP contribution < -0.4 is 15.6 Å². The molecule has 0 radical (unpaired) electrons. The van der Waals surface area contributed by atoms with Crippen molar-refractivity contribution in [1.82, 2.24) is 15.4 Å². The number of nitrogens with one attached hydrogen (secondary N) is 2. The predicted octanol–water partition coefficient (Wildman–Crippen LogP) is 3.02. The molecule has 1 heterocycles. The second-order valence-electron chi connectivity index (χ2n) is 6.57. The fourth-order valence-electron chi connectivity index (χ4n) is 2.91. The summed E-state index contributed by atoms with van der Waals surface area (Å²) in [6, 6.07) is 13.3. The Morgan fingerprint density at radius 3 is 2.56 bits per heavy atom. The number of rotatable bonds is 4. The third kappa shape index (κ3) is 3.79. The van der Waals surface area contributed by atoms with E-state index in [0.29, 0.717) is 11.3 Å². The molecule has 0 aliphatic heterocycles. The maximum absolute atomic E-state index is 12.5. The van der Waals surface area contributed by atoms with Gasteiger partial charge >= 0.3 is 0 Å². The second-order valence-corrected chi connectivity index (χ2v) is 6.57. The summed E-state index contributed by atoms with van der Waals surface area (Å²) >= 11 is 0. The van der Waals surface area contributed by atoms with Crippen LogP contribution in [-0.2, 0) is 11.8 Å². The van der Waals surface area contributed by atoms with Crippen molar-refractivity contribution in [3.8, 4) is 5.75 Å². The van der Waals surface area contributed by atoms with Crippen LogP contribution in [0.1, 0.15) is 28.4 Å². The lowest BCUT2D eigenvalue weighted by Gasteiger charge is -2.17. The van der Waals surface area contributed by atoms with Crippen molar-refractivity contribution < 1.29 is 14.3 Å². The zero-order valence-electron chi connectivity index (χ0n) is 15.9. The summed E-state index contributed by atoms with van der Waals surface area (Å²) in [6.07, 6.45) is 0.987. The van der Waals surface area contributed by atoms with Crippen LogP contribution in [0.25, 0.3) is 10.9 Å². The monoisotopic (exact) mass is 365 g/mol. The topological polar surface area (TPSA) is 72.4 Å². The molecular weight excluding hydrogens is 342 g/mol. The van der Waals surface area contributed by atoms with E-state index in [-0.39, 0.29) is 5.91 Å². The van der Waals surface area contributed by atoms with E-state index in [1.54, 1.807) is 13.1 Å². The molecule has 1 aromatic heterocycles. The lowest BCUT2D eigenvalue weighted by molar-refractivity contribution is -0.128. The van der Waals surface area contributed by atoms with Crippen LogP contribution >= 0.6 is 0 Å². The van der Waals surface area contributed by atoms with E-state index in [1.807, 2.05) is 67.9 Å². The molecule has 0 bridgehead atoms. The summed E-state index contributed by atoms with van der Waals surface area (Å²) in [6.45, 7) is 5.57. The number of amides is 2. The maximum atomic E-state index is 12.5. The molecule has 2 amide bonds. The Hall–Kier alpha value is -3.28. The highest BCUT2D eigenvalue weighted by molar-refractivity contribution is 6.07. The van der Waals surface area contributed by atoms with Gasteiger partial charge in [-0.1, -0.05) is 30.3 Å². The number of carbonyl (C=O) groups excluding carboxylic acids is 2. The number of nitrogens with zero attached hydrogens (tertiary/aromatic N) is 1. The zero-order valence-corrected chi connectivity index (χ0v) is 15.9. The lowest BCUT2D eigenvalue weighted by Crippen LogP contribution is -2.47. The van der Waals surface area contributed by atoms with Crippen LogP contribution in [0.3, 0.4) is 0 Å². The molecule has 2 N–H and O–H groups in total. The Balaban J connectivity index is 1.64. The zero-order chi connectivity index (χ0) is 19.6. The van der Waals surface area contributed by atoms with Crippen molar-refractivity contribution >= 4 is 22.7 Å². The SMILES string of the molecule is Cc1cccc(OC(C)C(=O)NNC(=O)c2cn(C)c3ccccc23)c1C. The van der Waals surface area contributed by atoms with Crippen molar-refractivity contribution in [2.45, 2.75) is 26.9 Å².